The van der Waals surface area contributed by atoms with Crippen LogP contribution in [0, 0.1) is 0 Å². The number of Topliss-reactive ketones (excluding diaryl/α,β-unsaturated/α-hetero) is 1. The normalized spacial score (nSPS) is 16.2. The molecule has 0 aliphatic carbocycles. The van der Waals surface area contributed by atoms with Gasteiger partial charge in [-0.1, -0.05) is 0 Å². The Hall–Kier alpha value is -1.98. The summed E-state index contributed by atoms with van der Waals surface area (Å²) in [6, 6.07) is 2.60. The average molecular weight is 221 g/mol. The van der Waals surface area contributed by atoms with E-state index in [1.54, 1.807) is 0 Å². The van der Waals surface area contributed by atoms with Crippen LogP contribution in [-0.4, -0.2) is 39.9 Å². The van der Waals surface area contributed by atoms with Gasteiger partial charge in [0.1, 0.15) is 5.69 Å². The van der Waals surface area contributed by atoms with Crippen molar-refractivity contribution in [1.29, 1.82) is 0 Å². The third kappa shape index (κ3) is 2.16. The molecule has 1 aliphatic rings. The number of carbonyl (C=O) groups excluding carboxylic acids is 2. The average Bonchev–Trinajstić information content (AvgIpc) is 2.29. The Kier molecular flexibility index (Phi) is 2.80. The molecule has 16 heavy (non-hydrogen) atoms. The number of nitrogens with one attached hydrogen (secondary N) is 1. The highest BCUT2D eigenvalue weighted by molar-refractivity contribution is 5.95. The van der Waals surface area contributed by atoms with E-state index in [0.717, 1.165) is 0 Å². The largest absolute Gasteiger partial charge is 0.330 e. The molecule has 1 N–H and O–H groups in total. The van der Waals surface area contributed by atoms with Gasteiger partial charge in [0, 0.05) is 19.0 Å². The number of ketones is 1. The monoisotopic (exact) mass is 221 g/mol. The topological polar surface area (TPSA) is 83.1 Å². The van der Waals surface area contributed by atoms with Crippen LogP contribution in [0.2, 0.25) is 0 Å². The number of likely N-dealkylation sites (tertiary alicyclic amines) is 1. The third-order valence-electron chi connectivity index (χ3n) is 2.44. The Bertz CT molecular complexity index is 460. The highest BCUT2D eigenvalue weighted by Gasteiger charge is 2.23. The van der Waals surface area contributed by atoms with Crippen molar-refractivity contribution in [2.45, 2.75) is 12.8 Å². The second kappa shape index (κ2) is 4.26. The fraction of sp³-hybridized carbons (Fsp3) is 0.400. The summed E-state index contributed by atoms with van der Waals surface area (Å²) < 4.78 is 0. The van der Waals surface area contributed by atoms with Crippen LogP contribution in [0.4, 0.5) is 0 Å². The maximum Gasteiger partial charge on any atom is 0.274 e. The maximum atomic E-state index is 11.8. The summed E-state index contributed by atoms with van der Waals surface area (Å²) in [5.41, 5.74) is -0.194. The lowest BCUT2D eigenvalue weighted by Crippen LogP contribution is -2.40. The Morgan fingerprint density at radius 2 is 2.19 bits per heavy atom. The van der Waals surface area contributed by atoms with Gasteiger partial charge in [-0.25, -0.2) is 5.10 Å². The third-order valence-corrected chi connectivity index (χ3v) is 2.44. The second-order valence-corrected chi connectivity index (χ2v) is 3.68. The van der Waals surface area contributed by atoms with Crippen molar-refractivity contribution in [2.75, 3.05) is 13.1 Å². The minimum atomic E-state index is -0.355. The number of hydrogen-bond acceptors (Lipinski definition) is 4. The number of carbonyl (C=O) groups is 2. The number of hydrogen-bond donors (Lipinski definition) is 1. The molecule has 0 saturated carbocycles. The first kappa shape index (κ1) is 10.5. The predicted octanol–water partition coefficient (Wildman–Crippen LogP) is -0.425. The molecule has 0 atom stereocenters. The summed E-state index contributed by atoms with van der Waals surface area (Å²) in [5.74, 6) is -0.256. The molecule has 1 amide bonds. The molecular weight excluding hydrogens is 210 g/mol. The first-order chi connectivity index (χ1) is 7.66. The minimum absolute atomic E-state index is 0.0593. The summed E-state index contributed by atoms with van der Waals surface area (Å²) in [4.78, 5) is 35.3. The number of rotatable bonds is 1. The molecule has 1 fully saturated rings. The van der Waals surface area contributed by atoms with Crippen LogP contribution in [0.5, 0.6) is 0 Å². The SMILES string of the molecule is O=C1CCCN(C(=O)c2ccc(=O)[nH]n2)C1. The van der Waals surface area contributed by atoms with Gasteiger partial charge in [0.2, 0.25) is 0 Å². The summed E-state index contributed by atoms with van der Waals surface area (Å²) in [5, 5.41) is 5.83. The van der Waals surface area contributed by atoms with Crippen LogP contribution in [0.25, 0.3) is 0 Å². The van der Waals surface area contributed by atoms with E-state index in [1.165, 1.54) is 17.0 Å². The fourth-order valence-electron chi connectivity index (χ4n) is 1.64. The molecule has 0 unspecified atom stereocenters. The van der Waals surface area contributed by atoms with Gasteiger partial charge < -0.3 is 4.90 Å². The molecule has 84 valence electrons. The molecule has 6 heteroatoms. The number of piperidine rings is 1. The number of aromatic nitrogens is 2. The van der Waals surface area contributed by atoms with E-state index in [2.05, 4.69) is 10.2 Å². The van der Waals surface area contributed by atoms with Crippen LogP contribution in [0.1, 0.15) is 23.3 Å². The van der Waals surface area contributed by atoms with Crippen LogP contribution >= 0.6 is 0 Å². The van der Waals surface area contributed by atoms with Gasteiger partial charge in [-0.3, -0.25) is 14.4 Å². The fourth-order valence-corrected chi connectivity index (χ4v) is 1.64. The summed E-state index contributed by atoms with van der Waals surface area (Å²) in [6.07, 6.45) is 1.22. The molecule has 2 rings (SSSR count). The Morgan fingerprint density at radius 3 is 2.81 bits per heavy atom. The van der Waals surface area contributed by atoms with E-state index in [1.807, 2.05) is 0 Å². The van der Waals surface area contributed by atoms with Crippen molar-refractivity contribution in [3.05, 3.63) is 28.2 Å². The molecule has 1 aromatic heterocycles. The van der Waals surface area contributed by atoms with E-state index in [0.29, 0.717) is 19.4 Å². The Labute approximate surface area is 91.3 Å². The number of aromatic amines is 1. The van der Waals surface area contributed by atoms with Gasteiger partial charge >= 0.3 is 0 Å². The molecule has 0 radical (unpaired) electrons. The van der Waals surface area contributed by atoms with Crippen LogP contribution < -0.4 is 5.56 Å². The first-order valence-electron chi connectivity index (χ1n) is 5.03. The van der Waals surface area contributed by atoms with Crippen molar-refractivity contribution in [3.63, 3.8) is 0 Å². The zero-order valence-corrected chi connectivity index (χ0v) is 8.60. The summed E-state index contributed by atoms with van der Waals surface area (Å²) >= 11 is 0. The molecule has 0 aromatic carbocycles. The molecule has 2 heterocycles. The molecular formula is C10H11N3O3. The standard InChI is InChI=1S/C10H11N3O3/c14-7-2-1-5-13(6-7)10(16)8-3-4-9(15)12-11-8/h3-4H,1-2,5-6H2,(H,12,15). The van der Waals surface area contributed by atoms with Crippen molar-refractivity contribution in [3.8, 4) is 0 Å². The van der Waals surface area contributed by atoms with Gasteiger partial charge in [0.15, 0.2) is 5.78 Å². The van der Waals surface area contributed by atoms with E-state index in [9.17, 15) is 14.4 Å². The van der Waals surface area contributed by atoms with E-state index in [-0.39, 0.29) is 29.5 Å². The molecule has 1 aromatic rings. The molecule has 1 saturated heterocycles. The zero-order valence-electron chi connectivity index (χ0n) is 8.60. The lowest BCUT2D eigenvalue weighted by molar-refractivity contribution is -0.121. The predicted molar refractivity (Wildman–Crippen MR) is 55.0 cm³/mol. The van der Waals surface area contributed by atoms with Gasteiger partial charge in [-0.05, 0) is 12.5 Å². The summed E-state index contributed by atoms with van der Waals surface area (Å²) in [6.45, 7) is 0.699. The molecule has 0 spiro atoms. The molecule has 0 bridgehead atoms. The van der Waals surface area contributed by atoms with Gasteiger partial charge in [0.25, 0.3) is 11.5 Å². The van der Waals surface area contributed by atoms with Crippen molar-refractivity contribution < 1.29 is 9.59 Å². The first-order valence-corrected chi connectivity index (χ1v) is 5.03. The zero-order chi connectivity index (χ0) is 11.5. The maximum absolute atomic E-state index is 11.8. The van der Waals surface area contributed by atoms with E-state index >= 15 is 0 Å². The summed E-state index contributed by atoms with van der Waals surface area (Å²) in [7, 11) is 0. The van der Waals surface area contributed by atoms with E-state index in [4.69, 9.17) is 0 Å². The molecule has 1 aliphatic heterocycles. The van der Waals surface area contributed by atoms with Crippen molar-refractivity contribution >= 4 is 11.7 Å². The minimum Gasteiger partial charge on any atom is -0.330 e. The van der Waals surface area contributed by atoms with Gasteiger partial charge in [-0.15, -0.1) is 0 Å². The van der Waals surface area contributed by atoms with Crippen molar-refractivity contribution in [1.82, 2.24) is 15.1 Å². The second-order valence-electron chi connectivity index (χ2n) is 3.68. The smallest absolute Gasteiger partial charge is 0.274 e. The van der Waals surface area contributed by atoms with Crippen molar-refractivity contribution in [2.24, 2.45) is 0 Å². The highest BCUT2D eigenvalue weighted by atomic mass is 16.2. The van der Waals surface area contributed by atoms with E-state index < -0.39 is 0 Å². The van der Waals surface area contributed by atoms with Gasteiger partial charge in [-0.2, -0.15) is 5.10 Å². The Morgan fingerprint density at radius 1 is 1.38 bits per heavy atom. The van der Waals surface area contributed by atoms with Gasteiger partial charge in [0.05, 0.1) is 6.54 Å². The number of H-pyrrole nitrogens is 1. The van der Waals surface area contributed by atoms with Crippen LogP contribution in [-0.2, 0) is 4.79 Å². The molecule has 6 nitrogen and oxygen atoms in total. The quantitative estimate of drug-likeness (QED) is 0.697. The number of nitrogens with zero attached hydrogens (tertiary/aromatic N) is 2. The lowest BCUT2D eigenvalue weighted by Gasteiger charge is -2.25. The Balaban J connectivity index is 2.15. The number of amides is 1. The van der Waals surface area contributed by atoms with Crippen LogP contribution in [0.15, 0.2) is 16.9 Å². The highest BCUT2D eigenvalue weighted by Crippen LogP contribution is 2.08. The lowest BCUT2D eigenvalue weighted by atomic mass is 10.1. The van der Waals surface area contributed by atoms with Crippen LogP contribution in [0.3, 0.4) is 0 Å².